The van der Waals surface area contributed by atoms with E-state index < -0.39 is 5.54 Å². The van der Waals surface area contributed by atoms with E-state index in [1.807, 2.05) is 0 Å². The van der Waals surface area contributed by atoms with Gasteiger partial charge in [-0.3, -0.25) is 0 Å². The fraction of sp³-hybridized carbons (Fsp3) is 0.102. The van der Waals surface area contributed by atoms with E-state index in [4.69, 9.17) is 0 Å². The Morgan fingerprint density at radius 2 is 0.639 bits per heavy atom. The third-order valence-corrected chi connectivity index (χ3v) is 23.7. The largest absolute Gasteiger partial charge is 0.372 e. The number of rotatable bonds is 20. The predicted octanol–water partition coefficient (Wildman–Crippen LogP) is 27.0. The first-order valence-corrected chi connectivity index (χ1v) is 40.0. The van der Waals surface area contributed by atoms with Crippen LogP contribution in [0.5, 0.6) is 0 Å². The van der Waals surface area contributed by atoms with E-state index >= 15 is 0 Å². The van der Waals surface area contributed by atoms with Gasteiger partial charge in [0.15, 0.2) is 0 Å². The molecule has 1 aliphatic carbocycles. The van der Waals surface area contributed by atoms with Crippen LogP contribution in [-0.2, 0) is 18.6 Å². The summed E-state index contributed by atoms with van der Waals surface area (Å²) in [5.41, 5.74) is 23.2. The number of fused-ring (bicyclic) bond motifs is 15. The lowest BCUT2D eigenvalue weighted by atomic mass is 9.82. The average molecular weight is 1530 g/mol. The minimum atomic E-state index is -0.695. The highest BCUT2D eigenvalue weighted by Gasteiger charge is 2.34. The normalized spacial score (nSPS) is 14.0. The molecule has 1 aliphatic rings. The minimum absolute atomic E-state index is 0.639. The summed E-state index contributed by atoms with van der Waals surface area (Å²) >= 11 is 7.51. The summed E-state index contributed by atoms with van der Waals surface area (Å²) < 4.78 is 12.4. The molecule has 0 aliphatic heterocycles. The molecule has 5 heterocycles. The molecule has 108 heavy (non-hydrogen) atoms. The average Bonchev–Trinajstić information content (AvgIpc) is 1.50. The highest BCUT2D eigenvalue weighted by atomic mass is 79.9. The van der Waals surface area contributed by atoms with E-state index in [0.717, 1.165) is 123 Å². The first kappa shape index (κ1) is 65.4. The van der Waals surface area contributed by atoms with Crippen LogP contribution in [0.3, 0.4) is 0 Å². The Morgan fingerprint density at radius 3 is 1.08 bits per heavy atom. The smallest absolute Gasteiger partial charge is 0.0849 e. The van der Waals surface area contributed by atoms with E-state index in [-0.39, 0.29) is 0 Å². The van der Waals surface area contributed by atoms with Crippen LogP contribution < -0.4 is 15.1 Å². The van der Waals surface area contributed by atoms with Gasteiger partial charge in [-0.1, -0.05) is 226 Å². The number of halogens is 2. The maximum atomic E-state index is 4.32. The van der Waals surface area contributed by atoms with Crippen LogP contribution in [0.4, 0.5) is 34.1 Å². The molecule has 20 rings (SSSR count). The third kappa shape index (κ3) is 11.0. The molecule has 10 heteroatoms. The Labute approximate surface area is 643 Å². The van der Waals surface area contributed by atoms with E-state index in [1.165, 1.54) is 98.0 Å². The Hall–Kier alpha value is -12.1. The van der Waals surface area contributed by atoms with Gasteiger partial charge in [0, 0.05) is 151 Å². The van der Waals surface area contributed by atoms with Crippen molar-refractivity contribution in [3.8, 4) is 17.1 Å². The fourth-order valence-electron chi connectivity index (χ4n) is 17.6. The summed E-state index contributed by atoms with van der Waals surface area (Å²) in [5.74, 6) is 0. The molecule has 0 radical (unpaired) electrons. The zero-order chi connectivity index (χ0) is 71.8. The highest BCUT2D eigenvalue weighted by molar-refractivity contribution is 9.09. The Morgan fingerprint density at radius 1 is 0.296 bits per heavy atom. The van der Waals surface area contributed by atoms with Crippen molar-refractivity contribution in [2.45, 2.75) is 50.7 Å². The number of anilines is 6. The van der Waals surface area contributed by atoms with Crippen molar-refractivity contribution in [3.05, 3.63) is 357 Å². The number of nitrogens with zero attached hydrogens (tertiary/aromatic N) is 7. The molecule has 0 saturated carbocycles. The number of aromatic nitrogens is 5. The maximum absolute atomic E-state index is 4.32. The van der Waals surface area contributed by atoms with Gasteiger partial charge in [-0.05, 0) is 189 Å². The quantitative estimate of drug-likeness (QED) is 0.0611. The van der Waals surface area contributed by atoms with Gasteiger partial charge in [0.05, 0.1) is 44.2 Å². The topological polar surface area (TPSA) is 43.2 Å². The lowest BCUT2D eigenvalue weighted by Crippen LogP contribution is -2.35. The number of hydrogen-bond acceptors (Lipinski definition) is 3. The fourth-order valence-corrected chi connectivity index (χ4v) is 18.4. The van der Waals surface area contributed by atoms with Crippen molar-refractivity contribution in [3.63, 3.8) is 0 Å². The maximum Gasteiger partial charge on any atom is 0.0849 e. The molecule has 1 atom stereocenters. The monoisotopic (exact) mass is 1520 g/mol. The molecule has 1 N–H and O–H groups in total. The Bertz CT molecular complexity index is 6740. The van der Waals surface area contributed by atoms with Gasteiger partial charge in [0.1, 0.15) is 0 Å². The Kier molecular flexibility index (Phi) is 16.6. The van der Waals surface area contributed by atoms with Gasteiger partial charge in [-0.25, -0.2) is 0 Å². The number of nitrogens with one attached hydrogen (secondary N) is 1. The molecule has 522 valence electrons. The number of aryl methyl sites for hydroxylation is 2. The first-order chi connectivity index (χ1) is 53.5. The standard InChI is InChI=1S/C98H76Br2N8/c99-58-20-22-60-102-88-35-15-10-30-78(88)83-49-40-67(62-93(83)102)98(101-68-41-50-85-80-32-12-17-37-90(80)106(95(85)63-68)69-24-4-1-5-25-69)56-54-74(55-57-98)104(76-47-52-86-81-33-13-18-38-91(81)107(96(86)65-76)70-26-6-2-7-27-70)72-42-44-73(45-43-72)105(75-46-51-84-79-31-11-16-36-89(79)103(94(84)64-75)61-23-21-59-100)77-48-53-87-82-34-14-19-39-92(82)108(97(87)66-77)71-28-8-3-9-29-71/h1-19,24-56,62-66,101H,20-23,57-61H2. The van der Waals surface area contributed by atoms with Crippen LogP contribution in [0, 0.1) is 0 Å². The minimum Gasteiger partial charge on any atom is -0.372 e. The zero-order valence-corrected chi connectivity index (χ0v) is 62.8. The molecular formula is C98H76Br2N8. The summed E-state index contributed by atoms with van der Waals surface area (Å²) in [6.45, 7) is 1.84. The first-order valence-electron chi connectivity index (χ1n) is 37.8. The van der Waals surface area contributed by atoms with Crippen molar-refractivity contribution in [1.82, 2.24) is 22.8 Å². The number of para-hydroxylation sites is 8. The number of allylic oxidation sites excluding steroid dienone is 1. The molecule has 0 spiro atoms. The van der Waals surface area contributed by atoms with Crippen molar-refractivity contribution in [2.75, 3.05) is 25.8 Å². The van der Waals surface area contributed by atoms with E-state index in [0.29, 0.717) is 6.42 Å². The molecule has 0 amide bonds. The van der Waals surface area contributed by atoms with E-state index in [2.05, 4.69) is 416 Å². The van der Waals surface area contributed by atoms with Crippen molar-refractivity contribution in [1.29, 1.82) is 0 Å². The number of alkyl halides is 2. The number of benzene rings is 14. The second-order valence-electron chi connectivity index (χ2n) is 28.7. The summed E-state index contributed by atoms with van der Waals surface area (Å²) in [5, 5.41) is 18.6. The Balaban J connectivity index is 0.773. The molecular weight excluding hydrogens is 1450 g/mol. The summed E-state index contributed by atoms with van der Waals surface area (Å²) in [6.07, 6.45) is 12.3. The molecule has 8 nitrogen and oxygen atoms in total. The van der Waals surface area contributed by atoms with Crippen molar-refractivity contribution < 1.29 is 0 Å². The van der Waals surface area contributed by atoms with Crippen LogP contribution in [0.25, 0.3) is 126 Å². The SMILES string of the molecule is BrCCCCn1c2ccccc2c2ccc(N(c3ccc(N(C4=CCC(Nc5ccc6c7ccccc7n(-c7ccccc7)c6c5)(c5ccc6c7ccccc7n(CCCCBr)c6c5)C=C4)c4ccc5c6ccccc6n(-c6ccccc6)c5c4)cc3)c3ccc4c5ccccc5n(-c5ccccc5)c4c3)cc21. The summed E-state index contributed by atoms with van der Waals surface area (Å²) in [6, 6.07) is 122. The summed E-state index contributed by atoms with van der Waals surface area (Å²) in [7, 11) is 0. The molecule has 0 fully saturated rings. The van der Waals surface area contributed by atoms with Gasteiger partial charge in [-0.15, -0.1) is 0 Å². The third-order valence-electron chi connectivity index (χ3n) is 22.5. The van der Waals surface area contributed by atoms with Crippen LogP contribution in [0.15, 0.2) is 352 Å². The molecule has 1 unspecified atom stereocenters. The summed E-state index contributed by atoms with van der Waals surface area (Å²) in [4.78, 5) is 4.96. The molecule has 19 aromatic rings. The predicted molar refractivity (Wildman–Crippen MR) is 465 cm³/mol. The van der Waals surface area contributed by atoms with Gasteiger partial charge in [0.25, 0.3) is 0 Å². The van der Waals surface area contributed by atoms with E-state index in [9.17, 15) is 0 Å². The molecule has 0 saturated heterocycles. The van der Waals surface area contributed by atoms with Gasteiger partial charge in [0.2, 0.25) is 0 Å². The second kappa shape index (κ2) is 27.4. The highest BCUT2D eigenvalue weighted by Crippen LogP contribution is 2.48. The van der Waals surface area contributed by atoms with Gasteiger partial charge < -0.3 is 38.0 Å². The van der Waals surface area contributed by atoms with Crippen LogP contribution in [0.1, 0.15) is 37.7 Å². The lowest BCUT2D eigenvalue weighted by Gasteiger charge is -2.37. The molecule has 5 aromatic heterocycles. The van der Waals surface area contributed by atoms with Crippen LogP contribution in [-0.4, -0.2) is 33.5 Å². The van der Waals surface area contributed by atoms with Crippen molar-refractivity contribution >= 4 is 175 Å². The van der Waals surface area contributed by atoms with E-state index in [1.54, 1.807) is 0 Å². The van der Waals surface area contributed by atoms with Gasteiger partial charge in [-0.2, -0.15) is 0 Å². The number of hydrogen-bond donors (Lipinski definition) is 1. The van der Waals surface area contributed by atoms with Crippen molar-refractivity contribution in [2.24, 2.45) is 0 Å². The van der Waals surface area contributed by atoms with Crippen LogP contribution >= 0.6 is 31.9 Å². The second-order valence-corrected chi connectivity index (χ2v) is 30.3. The molecule has 14 aromatic carbocycles. The number of unbranched alkanes of at least 4 members (excludes halogenated alkanes) is 2. The van der Waals surface area contributed by atoms with Gasteiger partial charge >= 0.3 is 0 Å². The lowest BCUT2D eigenvalue weighted by molar-refractivity contribution is 0.613. The van der Waals surface area contributed by atoms with Crippen LogP contribution in [0.2, 0.25) is 0 Å². The molecule has 0 bridgehead atoms. The zero-order valence-electron chi connectivity index (χ0n) is 59.7.